The van der Waals surface area contributed by atoms with Crippen LogP contribution in [0.4, 0.5) is 10.2 Å². The summed E-state index contributed by atoms with van der Waals surface area (Å²) in [6.07, 6.45) is 1.76. The number of carbonyl (C=O) groups excluding carboxylic acids is 2. The second-order valence-electron chi connectivity index (χ2n) is 11.6. The number of phenols is 1. The molecule has 12 heteroatoms. The predicted molar refractivity (Wildman–Crippen MR) is 158 cm³/mol. The first kappa shape index (κ1) is 30.1. The topological polar surface area (TPSA) is 98.7 Å². The molecule has 226 valence electrons. The Kier molecular flexibility index (Phi) is 8.37. The Morgan fingerprint density at radius 1 is 1.31 bits per heavy atom. The molecule has 0 radical (unpaired) electrons. The number of fused-ring (bicyclic) bond motifs is 2. The molecule has 2 fully saturated rings. The fraction of sp³-hybridized carbons (Fsp3) is 0.500. The van der Waals surface area contributed by atoms with Gasteiger partial charge in [-0.1, -0.05) is 24.2 Å². The van der Waals surface area contributed by atoms with Crippen molar-refractivity contribution in [3.8, 4) is 22.8 Å². The number of pyridine rings is 1. The molecule has 2 aromatic rings. The van der Waals surface area contributed by atoms with Crippen molar-refractivity contribution in [3.05, 3.63) is 47.3 Å². The quantitative estimate of drug-likeness (QED) is 0.482. The number of nitrogens with zero attached hydrogens (tertiary/aromatic N) is 5. The molecule has 2 atom stereocenters. The largest absolute Gasteiger partial charge is 0.507 e. The first-order valence-corrected chi connectivity index (χ1v) is 14.4. The van der Waals surface area contributed by atoms with Gasteiger partial charge in [0.05, 0.1) is 29.9 Å². The third kappa shape index (κ3) is 5.29. The highest BCUT2D eigenvalue weighted by atomic mass is 35.5. The molecule has 2 amide bonds. The van der Waals surface area contributed by atoms with Crippen LogP contribution in [0.2, 0.25) is 5.02 Å². The summed E-state index contributed by atoms with van der Waals surface area (Å²) in [5.41, 5.74) is -0.628. The maximum atomic E-state index is 15.2. The number of hydrogen-bond donors (Lipinski definition) is 1. The maximum Gasteiger partial charge on any atom is 0.261 e. The summed E-state index contributed by atoms with van der Waals surface area (Å²) in [6.45, 7) is 10.4. The van der Waals surface area contributed by atoms with Gasteiger partial charge >= 0.3 is 0 Å². The van der Waals surface area contributed by atoms with E-state index in [4.69, 9.17) is 26.1 Å². The fourth-order valence-corrected chi connectivity index (χ4v) is 6.27. The summed E-state index contributed by atoms with van der Waals surface area (Å²) in [6, 6.07) is 3.52. The van der Waals surface area contributed by atoms with Gasteiger partial charge in [0.25, 0.3) is 5.91 Å². The number of hydrogen-bond acceptors (Lipinski definition) is 8. The van der Waals surface area contributed by atoms with Gasteiger partial charge in [-0.25, -0.2) is 9.37 Å². The van der Waals surface area contributed by atoms with Crippen LogP contribution in [-0.4, -0.2) is 114 Å². The van der Waals surface area contributed by atoms with Crippen LogP contribution in [-0.2, 0) is 9.53 Å². The SMILES string of the molecule is C=CC(=O)N1CCN2C(=O)c3c(N4CCC(OCCN(C)C)C4(C)C)nc(-c4c(O)cccc4F)c(Cl)c3OC[C@H]2C1. The molecule has 0 saturated carbocycles. The van der Waals surface area contributed by atoms with E-state index in [9.17, 15) is 14.7 Å². The van der Waals surface area contributed by atoms with E-state index in [2.05, 4.69) is 6.58 Å². The Labute approximate surface area is 250 Å². The van der Waals surface area contributed by atoms with Crippen LogP contribution >= 0.6 is 11.6 Å². The van der Waals surface area contributed by atoms with E-state index in [0.717, 1.165) is 6.54 Å². The minimum absolute atomic E-state index is 0.0232. The van der Waals surface area contributed by atoms with Gasteiger partial charge < -0.3 is 34.2 Å². The first-order valence-electron chi connectivity index (χ1n) is 14.1. The van der Waals surface area contributed by atoms with Crippen molar-refractivity contribution >= 4 is 29.2 Å². The van der Waals surface area contributed by atoms with Crippen LogP contribution in [0.1, 0.15) is 30.6 Å². The summed E-state index contributed by atoms with van der Waals surface area (Å²) >= 11 is 6.86. The van der Waals surface area contributed by atoms with Crippen LogP contribution in [0.25, 0.3) is 11.3 Å². The second kappa shape index (κ2) is 11.7. The molecule has 42 heavy (non-hydrogen) atoms. The van der Waals surface area contributed by atoms with Gasteiger partial charge in [-0.2, -0.15) is 0 Å². The van der Waals surface area contributed by atoms with Gasteiger partial charge in [-0.3, -0.25) is 9.59 Å². The predicted octanol–water partition coefficient (Wildman–Crippen LogP) is 3.41. The van der Waals surface area contributed by atoms with E-state index in [1.807, 2.05) is 37.7 Å². The number of piperazine rings is 1. The van der Waals surface area contributed by atoms with Gasteiger partial charge in [0, 0.05) is 32.7 Å². The zero-order valence-corrected chi connectivity index (χ0v) is 25.2. The molecule has 1 aromatic carbocycles. The van der Waals surface area contributed by atoms with E-state index < -0.39 is 17.4 Å². The zero-order chi connectivity index (χ0) is 30.3. The Morgan fingerprint density at radius 2 is 2.07 bits per heavy atom. The van der Waals surface area contributed by atoms with Crippen molar-refractivity contribution in [2.45, 2.75) is 38.0 Å². The number of ether oxygens (including phenoxy) is 2. The molecular formula is C30H37ClFN5O5. The number of anilines is 1. The van der Waals surface area contributed by atoms with Crippen LogP contribution in [0, 0.1) is 5.82 Å². The lowest BCUT2D eigenvalue weighted by atomic mass is 9.97. The van der Waals surface area contributed by atoms with Gasteiger partial charge in [-0.15, -0.1) is 0 Å². The standard InChI is InChI=1S/C30H37ClFN5O5/c1-6-22(39)35-12-13-36-18(16-35)17-42-27-24(29(36)40)28(33-26(25(27)31)23-19(32)8-7-9-20(23)38)37-11-10-21(30(37,2)3)41-15-14-34(4)5/h6-9,18,21,38H,1,10-17H2,2-5H3/t18-,21?/m1/s1. The molecule has 5 rings (SSSR count). The summed E-state index contributed by atoms with van der Waals surface area (Å²) in [5.74, 6) is -1.24. The molecule has 0 aliphatic carbocycles. The number of aromatic hydroxyl groups is 1. The lowest BCUT2D eigenvalue weighted by molar-refractivity contribution is -0.128. The highest BCUT2D eigenvalue weighted by molar-refractivity contribution is 6.35. The van der Waals surface area contributed by atoms with Crippen LogP contribution in [0.15, 0.2) is 30.9 Å². The summed E-state index contributed by atoms with van der Waals surface area (Å²) in [5, 5.41) is 10.6. The highest BCUT2D eigenvalue weighted by Crippen LogP contribution is 2.48. The van der Waals surface area contributed by atoms with Gasteiger partial charge in [0.2, 0.25) is 5.91 Å². The summed E-state index contributed by atoms with van der Waals surface area (Å²) < 4.78 is 27.7. The Bertz CT molecular complexity index is 1380. The molecule has 4 heterocycles. The van der Waals surface area contributed by atoms with E-state index in [0.29, 0.717) is 32.7 Å². The third-order valence-electron chi connectivity index (χ3n) is 8.38. The molecule has 0 bridgehead atoms. The van der Waals surface area contributed by atoms with Gasteiger partial charge in [-0.05, 0) is 52.6 Å². The van der Waals surface area contributed by atoms with Crippen LogP contribution in [0.3, 0.4) is 0 Å². The minimum atomic E-state index is -0.711. The number of benzene rings is 1. The Morgan fingerprint density at radius 3 is 2.76 bits per heavy atom. The maximum absolute atomic E-state index is 15.2. The lowest BCUT2D eigenvalue weighted by Crippen LogP contribution is -2.57. The molecule has 0 spiro atoms. The smallest absolute Gasteiger partial charge is 0.261 e. The van der Waals surface area contributed by atoms with Crippen molar-refractivity contribution in [1.82, 2.24) is 19.7 Å². The van der Waals surface area contributed by atoms with E-state index in [1.165, 1.54) is 24.3 Å². The average molecular weight is 602 g/mol. The lowest BCUT2D eigenvalue weighted by Gasteiger charge is -2.40. The number of amides is 2. The molecular weight excluding hydrogens is 565 g/mol. The summed E-state index contributed by atoms with van der Waals surface area (Å²) in [7, 11) is 3.96. The normalized spacial score (nSPS) is 21.6. The zero-order valence-electron chi connectivity index (χ0n) is 24.4. The Hall–Kier alpha value is -3.41. The monoisotopic (exact) mass is 601 g/mol. The molecule has 2 saturated heterocycles. The molecule has 1 N–H and O–H groups in total. The molecule has 10 nitrogen and oxygen atoms in total. The van der Waals surface area contributed by atoms with Crippen molar-refractivity contribution in [2.75, 3.05) is 64.9 Å². The van der Waals surface area contributed by atoms with Crippen LogP contribution < -0.4 is 9.64 Å². The highest BCUT2D eigenvalue weighted by Gasteiger charge is 2.47. The number of likely N-dealkylation sites (N-methyl/N-ethyl adjacent to an activating group) is 1. The van der Waals surface area contributed by atoms with E-state index in [1.54, 1.807) is 9.80 Å². The Balaban J connectivity index is 1.63. The van der Waals surface area contributed by atoms with Gasteiger partial charge in [0.15, 0.2) is 5.75 Å². The second-order valence-corrected chi connectivity index (χ2v) is 12.0. The fourth-order valence-electron chi connectivity index (χ4n) is 5.99. The molecule has 3 aliphatic heterocycles. The van der Waals surface area contributed by atoms with Crippen molar-refractivity contribution < 1.29 is 28.6 Å². The third-order valence-corrected chi connectivity index (χ3v) is 8.73. The van der Waals surface area contributed by atoms with E-state index >= 15 is 4.39 Å². The molecule has 1 aromatic heterocycles. The van der Waals surface area contributed by atoms with Crippen molar-refractivity contribution in [2.24, 2.45) is 0 Å². The van der Waals surface area contributed by atoms with Crippen molar-refractivity contribution in [1.29, 1.82) is 0 Å². The first-order chi connectivity index (χ1) is 19.9. The molecule has 1 unspecified atom stereocenters. The average Bonchev–Trinajstić information content (AvgIpc) is 3.15. The summed E-state index contributed by atoms with van der Waals surface area (Å²) in [4.78, 5) is 38.8. The number of phenolic OH excluding ortho intramolecular Hbond substituents is 1. The van der Waals surface area contributed by atoms with E-state index in [-0.39, 0.29) is 70.2 Å². The number of halogens is 2. The van der Waals surface area contributed by atoms with Crippen LogP contribution in [0.5, 0.6) is 11.5 Å². The molecule has 3 aliphatic rings. The van der Waals surface area contributed by atoms with Crippen molar-refractivity contribution in [3.63, 3.8) is 0 Å². The minimum Gasteiger partial charge on any atom is -0.507 e. The number of carbonyl (C=O) groups is 2. The van der Waals surface area contributed by atoms with Gasteiger partial charge in [0.1, 0.15) is 40.3 Å². The number of rotatable bonds is 7. The number of aromatic nitrogens is 1.